The molecule has 206 valence electrons. The average Bonchev–Trinajstić information content (AvgIpc) is 3.18. The molecule has 3 rings (SSSR count). The first kappa shape index (κ1) is 29.0. The van der Waals surface area contributed by atoms with Crippen molar-refractivity contribution in [3.05, 3.63) is 75.4 Å². The molecule has 2 aromatic rings. The highest BCUT2D eigenvalue weighted by molar-refractivity contribution is 5.99. The van der Waals surface area contributed by atoms with E-state index in [1.165, 1.54) is 19.2 Å². The van der Waals surface area contributed by atoms with E-state index in [1.54, 1.807) is 13.8 Å². The third-order valence-corrected chi connectivity index (χ3v) is 6.53. The molecule has 0 bridgehead atoms. The van der Waals surface area contributed by atoms with Crippen LogP contribution in [0.3, 0.4) is 0 Å². The number of ether oxygens (including phenoxy) is 2. The van der Waals surface area contributed by atoms with E-state index in [0.29, 0.717) is 17.8 Å². The number of esters is 2. The maximum Gasteiger partial charge on any atom is 0.416 e. The quantitative estimate of drug-likeness (QED) is 0.310. The highest BCUT2D eigenvalue weighted by atomic mass is 19.4. The Kier molecular flexibility index (Phi) is 9.40. The van der Waals surface area contributed by atoms with Gasteiger partial charge in [-0.3, -0.25) is 4.68 Å². The summed E-state index contributed by atoms with van der Waals surface area (Å²) < 4.78 is 52.8. The summed E-state index contributed by atoms with van der Waals surface area (Å²) in [7, 11) is 1.18. The topological polar surface area (TPSA) is 82.5 Å². The zero-order valence-electron chi connectivity index (χ0n) is 22.4. The summed E-state index contributed by atoms with van der Waals surface area (Å²) in [6.45, 7) is 8.20. The van der Waals surface area contributed by atoms with Gasteiger partial charge in [-0.1, -0.05) is 24.6 Å². The number of alkyl halides is 3. The van der Waals surface area contributed by atoms with Gasteiger partial charge < -0.3 is 14.8 Å². The van der Waals surface area contributed by atoms with Crippen LogP contribution in [0.2, 0.25) is 0 Å². The molecule has 0 saturated carbocycles. The lowest BCUT2D eigenvalue weighted by molar-refractivity contribution is -0.139. The van der Waals surface area contributed by atoms with Gasteiger partial charge in [-0.2, -0.15) is 18.3 Å². The Labute approximate surface area is 220 Å². The molecule has 1 aromatic carbocycles. The molecule has 38 heavy (non-hydrogen) atoms. The van der Waals surface area contributed by atoms with E-state index in [1.807, 2.05) is 24.6 Å². The molecule has 1 aromatic heterocycles. The molecular formula is C28H34F3N3O4. The monoisotopic (exact) mass is 533 g/mol. The van der Waals surface area contributed by atoms with Crippen molar-refractivity contribution in [1.82, 2.24) is 15.1 Å². The first-order chi connectivity index (χ1) is 17.9. The number of allylic oxidation sites excluding steroid dienone is 2. The zero-order valence-corrected chi connectivity index (χ0v) is 22.4. The standard InChI is InChI=1S/C28H34F3N3O4/c1-17-15-18(2)34(33-17)13-8-6-7-9-14-38-27(36)24-20(4)32-19(3)23(26(35)37-5)25(24)21-11-10-12-22(16-21)28(29,30)31/h10-12,15-16,25,32H,6-9,13-14H2,1-5H3. The van der Waals surface area contributed by atoms with E-state index in [0.717, 1.165) is 49.3 Å². The average molecular weight is 534 g/mol. The molecule has 10 heteroatoms. The summed E-state index contributed by atoms with van der Waals surface area (Å²) in [4.78, 5) is 25.9. The Bertz CT molecular complexity index is 1240. The number of methoxy groups -OCH3 is 1. The first-order valence-corrected chi connectivity index (χ1v) is 12.6. The Morgan fingerprint density at radius 2 is 1.63 bits per heavy atom. The van der Waals surface area contributed by atoms with Crippen molar-refractivity contribution >= 4 is 11.9 Å². The highest BCUT2D eigenvalue weighted by Crippen LogP contribution is 2.41. The molecule has 0 spiro atoms. The maximum absolute atomic E-state index is 13.5. The minimum absolute atomic E-state index is 0.0635. The van der Waals surface area contributed by atoms with Crippen molar-refractivity contribution < 1.29 is 32.2 Å². The van der Waals surface area contributed by atoms with Crippen molar-refractivity contribution in [3.63, 3.8) is 0 Å². The molecule has 2 heterocycles. The van der Waals surface area contributed by atoms with E-state index in [4.69, 9.17) is 9.47 Å². The van der Waals surface area contributed by atoms with Crippen LogP contribution >= 0.6 is 0 Å². The molecule has 0 radical (unpaired) electrons. The van der Waals surface area contributed by atoms with Crippen LogP contribution in [0.25, 0.3) is 0 Å². The second-order valence-corrected chi connectivity index (χ2v) is 9.45. The van der Waals surface area contributed by atoms with E-state index in [9.17, 15) is 22.8 Å². The van der Waals surface area contributed by atoms with Crippen molar-refractivity contribution in [3.8, 4) is 0 Å². The number of halogens is 3. The molecule has 7 nitrogen and oxygen atoms in total. The van der Waals surface area contributed by atoms with Crippen LogP contribution in [0.5, 0.6) is 0 Å². The molecule has 0 saturated heterocycles. The number of nitrogens with zero attached hydrogens (tertiary/aromatic N) is 2. The lowest BCUT2D eigenvalue weighted by atomic mass is 9.80. The third-order valence-electron chi connectivity index (χ3n) is 6.53. The Morgan fingerprint density at radius 3 is 2.24 bits per heavy atom. The number of hydrogen-bond acceptors (Lipinski definition) is 6. The number of benzene rings is 1. The number of rotatable bonds is 10. The van der Waals surface area contributed by atoms with Gasteiger partial charge >= 0.3 is 18.1 Å². The molecule has 0 amide bonds. The largest absolute Gasteiger partial charge is 0.466 e. The van der Waals surface area contributed by atoms with Gasteiger partial charge in [-0.05, 0) is 64.7 Å². The highest BCUT2D eigenvalue weighted by Gasteiger charge is 2.39. The predicted molar refractivity (Wildman–Crippen MR) is 136 cm³/mol. The molecule has 1 aliphatic heterocycles. The van der Waals surface area contributed by atoms with E-state index < -0.39 is 29.6 Å². The fourth-order valence-corrected chi connectivity index (χ4v) is 4.73. The number of dihydropyridines is 1. The number of aryl methyl sites for hydroxylation is 3. The van der Waals surface area contributed by atoms with Crippen molar-refractivity contribution in [2.24, 2.45) is 0 Å². The first-order valence-electron chi connectivity index (χ1n) is 12.6. The molecule has 1 N–H and O–H groups in total. The van der Waals surface area contributed by atoms with Crippen LogP contribution in [0, 0.1) is 13.8 Å². The summed E-state index contributed by atoms with van der Waals surface area (Å²) in [5.74, 6) is -2.49. The van der Waals surface area contributed by atoms with Gasteiger partial charge in [0.2, 0.25) is 0 Å². The fourth-order valence-electron chi connectivity index (χ4n) is 4.73. The lowest BCUT2D eigenvalue weighted by Gasteiger charge is -2.30. The van der Waals surface area contributed by atoms with Crippen LogP contribution in [0.15, 0.2) is 52.9 Å². The molecule has 1 aliphatic rings. The molecule has 0 aliphatic carbocycles. The summed E-state index contributed by atoms with van der Waals surface area (Å²) >= 11 is 0. The van der Waals surface area contributed by atoms with Gasteiger partial charge in [-0.15, -0.1) is 0 Å². The molecule has 0 fully saturated rings. The Hall–Kier alpha value is -3.56. The van der Waals surface area contributed by atoms with E-state index in [2.05, 4.69) is 10.4 Å². The minimum Gasteiger partial charge on any atom is -0.466 e. The van der Waals surface area contributed by atoms with Gasteiger partial charge in [0.15, 0.2) is 0 Å². The van der Waals surface area contributed by atoms with Crippen LogP contribution in [-0.2, 0) is 31.8 Å². The number of unbranched alkanes of at least 4 members (excludes halogenated alkanes) is 3. The van der Waals surface area contributed by atoms with Crippen LogP contribution in [-0.4, -0.2) is 35.4 Å². The Morgan fingerprint density at radius 1 is 0.974 bits per heavy atom. The van der Waals surface area contributed by atoms with Crippen LogP contribution in [0.1, 0.15) is 68.0 Å². The number of hydrogen-bond donors (Lipinski definition) is 1. The minimum atomic E-state index is -4.58. The van der Waals surface area contributed by atoms with Gasteiger partial charge in [-0.25, -0.2) is 9.59 Å². The zero-order chi connectivity index (χ0) is 28.0. The third kappa shape index (κ3) is 6.85. The lowest BCUT2D eigenvalue weighted by Crippen LogP contribution is -2.32. The van der Waals surface area contributed by atoms with Gasteiger partial charge in [0.25, 0.3) is 0 Å². The Balaban J connectivity index is 1.70. The predicted octanol–water partition coefficient (Wildman–Crippen LogP) is 5.73. The maximum atomic E-state index is 13.5. The number of aromatic nitrogens is 2. The van der Waals surface area contributed by atoms with Crippen molar-refractivity contribution in [1.29, 1.82) is 0 Å². The number of carbonyl (C=O) groups excluding carboxylic acids is 2. The van der Waals surface area contributed by atoms with Gasteiger partial charge in [0.05, 0.1) is 42.0 Å². The normalized spacial score (nSPS) is 15.9. The van der Waals surface area contributed by atoms with Crippen LogP contribution < -0.4 is 5.32 Å². The summed E-state index contributed by atoms with van der Waals surface area (Å²) in [5, 5.41) is 7.43. The molecular weight excluding hydrogens is 499 g/mol. The summed E-state index contributed by atoms with van der Waals surface area (Å²) in [6.07, 6.45) is -1.24. The van der Waals surface area contributed by atoms with E-state index >= 15 is 0 Å². The van der Waals surface area contributed by atoms with E-state index in [-0.39, 0.29) is 23.3 Å². The molecule has 1 atom stereocenters. The number of nitrogens with one attached hydrogen (secondary N) is 1. The van der Waals surface area contributed by atoms with Gasteiger partial charge in [0, 0.05) is 23.6 Å². The smallest absolute Gasteiger partial charge is 0.416 e. The van der Waals surface area contributed by atoms with Crippen molar-refractivity contribution in [2.45, 2.75) is 72.0 Å². The summed E-state index contributed by atoms with van der Waals surface area (Å²) in [6, 6.07) is 6.66. The second-order valence-electron chi connectivity index (χ2n) is 9.45. The second kappa shape index (κ2) is 12.3. The number of carbonyl (C=O) groups is 2. The summed E-state index contributed by atoms with van der Waals surface area (Å²) in [5.41, 5.74) is 2.33. The van der Waals surface area contributed by atoms with Crippen LogP contribution in [0.4, 0.5) is 13.2 Å². The van der Waals surface area contributed by atoms with Crippen molar-refractivity contribution in [2.75, 3.05) is 13.7 Å². The SMILES string of the molecule is COC(=O)C1=C(C)NC(C)=C(C(=O)OCCCCCCn2nc(C)cc2C)C1c1cccc(C(F)(F)F)c1. The molecule has 1 unspecified atom stereocenters. The van der Waals surface area contributed by atoms with Gasteiger partial charge in [0.1, 0.15) is 0 Å². The fraction of sp³-hybridized carbons (Fsp3) is 0.464.